The van der Waals surface area contributed by atoms with Crippen LogP contribution in [0.5, 0.6) is 0 Å². The van der Waals surface area contributed by atoms with E-state index in [0.717, 1.165) is 19.3 Å². The number of nitriles is 1. The molecular weight excluding hydrogens is 176 g/mol. The van der Waals surface area contributed by atoms with Gasteiger partial charge in [-0.15, -0.1) is 0 Å². The average molecular weight is 196 g/mol. The first-order valence-electron chi connectivity index (χ1n) is 5.29. The van der Waals surface area contributed by atoms with Crippen molar-refractivity contribution in [1.29, 1.82) is 5.26 Å². The summed E-state index contributed by atoms with van der Waals surface area (Å²) < 4.78 is 0. The summed E-state index contributed by atoms with van der Waals surface area (Å²) in [5, 5.41) is 11.4. The minimum Gasteiger partial charge on any atom is -0.340 e. The smallest absolute Gasteiger partial charge is 0.221 e. The molecule has 0 aliphatic carbocycles. The summed E-state index contributed by atoms with van der Waals surface area (Å²) in [5.41, 5.74) is 0. The molecule has 0 spiro atoms. The van der Waals surface area contributed by atoms with Crippen LogP contribution in [-0.4, -0.2) is 11.9 Å². The largest absolute Gasteiger partial charge is 0.340 e. The van der Waals surface area contributed by atoms with Crippen LogP contribution in [0.2, 0.25) is 0 Å². The van der Waals surface area contributed by atoms with E-state index in [1.807, 2.05) is 6.92 Å². The third-order valence-electron chi connectivity index (χ3n) is 2.02. The van der Waals surface area contributed by atoms with E-state index in [9.17, 15) is 4.79 Å². The van der Waals surface area contributed by atoms with Crippen molar-refractivity contribution in [3.63, 3.8) is 0 Å². The molecule has 0 aromatic heterocycles. The maximum atomic E-state index is 11.3. The van der Waals surface area contributed by atoms with Gasteiger partial charge >= 0.3 is 0 Å². The third-order valence-corrected chi connectivity index (χ3v) is 2.02. The van der Waals surface area contributed by atoms with Crippen LogP contribution in [0.25, 0.3) is 0 Å². The minimum atomic E-state index is -0.306. The summed E-state index contributed by atoms with van der Waals surface area (Å²) in [6.45, 7) is 6.17. The number of amides is 1. The Kier molecular flexibility index (Phi) is 6.82. The Morgan fingerprint density at radius 1 is 1.43 bits per heavy atom. The standard InChI is InChI=1S/C11H20N2O/c1-4-5-10(8-12)13-11(14)7-6-9(2)3/h9-10H,4-7H2,1-3H3,(H,13,14). The highest BCUT2D eigenvalue weighted by molar-refractivity contribution is 5.76. The summed E-state index contributed by atoms with van der Waals surface area (Å²) in [4.78, 5) is 11.3. The van der Waals surface area contributed by atoms with Gasteiger partial charge in [-0.05, 0) is 18.8 Å². The van der Waals surface area contributed by atoms with E-state index in [2.05, 4.69) is 25.2 Å². The van der Waals surface area contributed by atoms with Crippen molar-refractivity contribution in [3.8, 4) is 6.07 Å². The second-order valence-corrected chi connectivity index (χ2v) is 3.97. The predicted molar refractivity (Wildman–Crippen MR) is 56.5 cm³/mol. The van der Waals surface area contributed by atoms with Gasteiger partial charge in [0.1, 0.15) is 6.04 Å². The molecule has 80 valence electrons. The number of nitrogens with one attached hydrogen (secondary N) is 1. The summed E-state index contributed by atoms with van der Waals surface area (Å²) >= 11 is 0. The van der Waals surface area contributed by atoms with Crippen molar-refractivity contribution in [2.45, 2.75) is 52.5 Å². The lowest BCUT2D eigenvalue weighted by molar-refractivity contribution is -0.121. The number of carbonyl (C=O) groups excluding carboxylic acids is 1. The van der Waals surface area contributed by atoms with Crippen LogP contribution in [0.3, 0.4) is 0 Å². The molecular formula is C11H20N2O. The fourth-order valence-corrected chi connectivity index (χ4v) is 1.14. The molecule has 0 aliphatic heterocycles. The van der Waals surface area contributed by atoms with E-state index in [4.69, 9.17) is 5.26 Å². The summed E-state index contributed by atoms with van der Waals surface area (Å²) in [6, 6.07) is 1.78. The van der Waals surface area contributed by atoms with Crippen molar-refractivity contribution < 1.29 is 4.79 Å². The molecule has 0 saturated heterocycles. The second-order valence-electron chi connectivity index (χ2n) is 3.97. The maximum Gasteiger partial charge on any atom is 0.221 e. The van der Waals surface area contributed by atoms with E-state index in [1.165, 1.54) is 0 Å². The van der Waals surface area contributed by atoms with E-state index < -0.39 is 0 Å². The zero-order valence-corrected chi connectivity index (χ0v) is 9.34. The van der Waals surface area contributed by atoms with Crippen molar-refractivity contribution in [3.05, 3.63) is 0 Å². The highest BCUT2D eigenvalue weighted by Crippen LogP contribution is 2.04. The first-order chi connectivity index (χ1) is 6.60. The molecule has 14 heavy (non-hydrogen) atoms. The molecule has 0 radical (unpaired) electrons. The van der Waals surface area contributed by atoms with Gasteiger partial charge in [-0.1, -0.05) is 27.2 Å². The molecule has 1 N–H and O–H groups in total. The van der Waals surface area contributed by atoms with Crippen LogP contribution in [0.1, 0.15) is 46.5 Å². The van der Waals surface area contributed by atoms with Crippen LogP contribution < -0.4 is 5.32 Å². The summed E-state index contributed by atoms with van der Waals surface area (Å²) in [7, 11) is 0. The van der Waals surface area contributed by atoms with Crippen LogP contribution in [0, 0.1) is 17.2 Å². The average Bonchev–Trinajstić information content (AvgIpc) is 2.14. The summed E-state index contributed by atoms with van der Waals surface area (Å²) in [5.74, 6) is 0.533. The third kappa shape index (κ3) is 6.47. The normalized spacial score (nSPS) is 12.2. The topological polar surface area (TPSA) is 52.9 Å². The molecule has 1 unspecified atom stereocenters. The zero-order chi connectivity index (χ0) is 11.0. The molecule has 3 nitrogen and oxygen atoms in total. The maximum absolute atomic E-state index is 11.3. The molecule has 0 fully saturated rings. The first-order valence-corrected chi connectivity index (χ1v) is 5.29. The molecule has 0 saturated carbocycles. The first kappa shape index (κ1) is 13.0. The molecule has 0 aliphatic rings. The Hall–Kier alpha value is -1.04. The number of carbonyl (C=O) groups is 1. The molecule has 0 bridgehead atoms. The highest BCUT2D eigenvalue weighted by atomic mass is 16.1. The Morgan fingerprint density at radius 2 is 2.07 bits per heavy atom. The van der Waals surface area contributed by atoms with Crippen LogP contribution in [-0.2, 0) is 4.79 Å². The van der Waals surface area contributed by atoms with Crippen LogP contribution in [0.4, 0.5) is 0 Å². The minimum absolute atomic E-state index is 0.00120. The van der Waals surface area contributed by atoms with Crippen LogP contribution >= 0.6 is 0 Å². The number of hydrogen-bond acceptors (Lipinski definition) is 2. The zero-order valence-electron chi connectivity index (χ0n) is 9.34. The van der Waals surface area contributed by atoms with E-state index >= 15 is 0 Å². The molecule has 1 amide bonds. The summed E-state index contributed by atoms with van der Waals surface area (Å²) in [6.07, 6.45) is 3.07. The van der Waals surface area contributed by atoms with Gasteiger partial charge in [0.2, 0.25) is 5.91 Å². The van der Waals surface area contributed by atoms with Gasteiger partial charge in [0.15, 0.2) is 0 Å². The monoisotopic (exact) mass is 196 g/mol. The van der Waals surface area contributed by atoms with Gasteiger partial charge in [-0.3, -0.25) is 4.79 Å². The number of hydrogen-bond donors (Lipinski definition) is 1. The number of rotatable bonds is 6. The molecule has 1 atom stereocenters. The van der Waals surface area contributed by atoms with Gasteiger partial charge in [0, 0.05) is 6.42 Å². The Labute approximate surface area is 86.5 Å². The van der Waals surface area contributed by atoms with Crippen molar-refractivity contribution in [2.24, 2.45) is 5.92 Å². The second kappa shape index (κ2) is 7.37. The molecule has 3 heteroatoms. The molecule has 0 aromatic rings. The van der Waals surface area contributed by atoms with Gasteiger partial charge in [-0.2, -0.15) is 5.26 Å². The highest BCUT2D eigenvalue weighted by Gasteiger charge is 2.10. The fraction of sp³-hybridized carbons (Fsp3) is 0.818. The van der Waals surface area contributed by atoms with Gasteiger partial charge < -0.3 is 5.32 Å². The predicted octanol–water partition coefficient (Wildman–Crippen LogP) is 2.23. The SMILES string of the molecule is CCCC(C#N)NC(=O)CCC(C)C. The molecule has 0 aromatic carbocycles. The van der Waals surface area contributed by atoms with Gasteiger partial charge in [-0.25, -0.2) is 0 Å². The molecule has 0 rings (SSSR count). The Morgan fingerprint density at radius 3 is 2.50 bits per heavy atom. The van der Waals surface area contributed by atoms with Crippen molar-refractivity contribution in [2.75, 3.05) is 0 Å². The Balaban J connectivity index is 3.75. The van der Waals surface area contributed by atoms with Crippen LogP contribution in [0.15, 0.2) is 0 Å². The lowest BCUT2D eigenvalue weighted by atomic mass is 10.1. The molecule has 0 heterocycles. The lowest BCUT2D eigenvalue weighted by Crippen LogP contribution is -2.33. The lowest BCUT2D eigenvalue weighted by Gasteiger charge is -2.10. The van der Waals surface area contributed by atoms with E-state index in [0.29, 0.717) is 12.3 Å². The van der Waals surface area contributed by atoms with Crippen molar-refractivity contribution >= 4 is 5.91 Å². The van der Waals surface area contributed by atoms with E-state index in [1.54, 1.807) is 0 Å². The van der Waals surface area contributed by atoms with Gasteiger partial charge in [0.25, 0.3) is 0 Å². The fourth-order valence-electron chi connectivity index (χ4n) is 1.14. The van der Waals surface area contributed by atoms with Gasteiger partial charge in [0.05, 0.1) is 6.07 Å². The quantitative estimate of drug-likeness (QED) is 0.708. The Bertz CT molecular complexity index is 206. The van der Waals surface area contributed by atoms with E-state index in [-0.39, 0.29) is 11.9 Å². The van der Waals surface area contributed by atoms with Crippen molar-refractivity contribution in [1.82, 2.24) is 5.32 Å². The number of nitrogens with zero attached hydrogens (tertiary/aromatic N) is 1.